The molecule has 1 heterocycles. The molecule has 2 aromatic rings. The maximum atomic E-state index is 6.26. The summed E-state index contributed by atoms with van der Waals surface area (Å²) in [7, 11) is 4.99. The van der Waals surface area contributed by atoms with Crippen LogP contribution in [0.25, 0.3) is 0 Å². The third-order valence-electron chi connectivity index (χ3n) is 5.05. The molecule has 0 aromatic heterocycles. The van der Waals surface area contributed by atoms with Crippen molar-refractivity contribution in [1.29, 1.82) is 0 Å². The highest BCUT2D eigenvalue weighted by Gasteiger charge is 2.23. The van der Waals surface area contributed by atoms with E-state index in [1.807, 2.05) is 36.4 Å². The molecule has 1 unspecified atom stereocenters. The molecule has 1 saturated heterocycles. The lowest BCUT2D eigenvalue weighted by atomic mass is 10.0. The van der Waals surface area contributed by atoms with Gasteiger partial charge in [0.25, 0.3) is 0 Å². The standard InChI is InChI=1S/C22H29ClN4O3.HI/c1-24-22(26-18-7-8-20(28-2)21(14-18)29-3)25-15-19(27-9-11-30-12-10-27)16-5-4-6-17(23)13-16;/h4-8,13-14,19H,9-12,15H2,1-3H3,(H2,24,25,26);1H. The quantitative estimate of drug-likeness (QED) is 0.303. The third kappa shape index (κ3) is 7.13. The minimum Gasteiger partial charge on any atom is -0.493 e. The van der Waals surface area contributed by atoms with Gasteiger partial charge in [0.2, 0.25) is 0 Å². The molecule has 2 aromatic carbocycles. The number of hydrogen-bond acceptors (Lipinski definition) is 5. The third-order valence-corrected chi connectivity index (χ3v) is 5.29. The summed E-state index contributed by atoms with van der Waals surface area (Å²) in [5.74, 6) is 2.00. The molecule has 1 atom stereocenters. The molecule has 1 aliphatic rings. The number of benzene rings is 2. The van der Waals surface area contributed by atoms with E-state index in [0.717, 1.165) is 37.0 Å². The summed E-state index contributed by atoms with van der Waals surface area (Å²) in [6.07, 6.45) is 0. The van der Waals surface area contributed by atoms with Crippen LogP contribution in [0.1, 0.15) is 11.6 Å². The summed E-state index contributed by atoms with van der Waals surface area (Å²) >= 11 is 6.26. The minimum atomic E-state index is 0. The predicted molar refractivity (Wildman–Crippen MR) is 137 cm³/mol. The lowest BCUT2D eigenvalue weighted by molar-refractivity contribution is 0.0170. The lowest BCUT2D eigenvalue weighted by Crippen LogP contribution is -2.44. The summed E-state index contributed by atoms with van der Waals surface area (Å²) < 4.78 is 16.2. The minimum absolute atomic E-state index is 0. The van der Waals surface area contributed by atoms with Gasteiger partial charge in [0.1, 0.15) is 0 Å². The van der Waals surface area contributed by atoms with Crippen LogP contribution >= 0.6 is 35.6 Å². The van der Waals surface area contributed by atoms with Gasteiger partial charge in [-0.25, -0.2) is 0 Å². The fraction of sp³-hybridized carbons (Fsp3) is 0.409. The number of anilines is 1. The number of nitrogens with zero attached hydrogens (tertiary/aromatic N) is 2. The molecule has 31 heavy (non-hydrogen) atoms. The first-order valence-corrected chi connectivity index (χ1v) is 10.3. The summed E-state index contributed by atoms with van der Waals surface area (Å²) in [5.41, 5.74) is 2.02. The smallest absolute Gasteiger partial charge is 0.195 e. The van der Waals surface area contributed by atoms with Gasteiger partial charge in [-0.15, -0.1) is 24.0 Å². The zero-order chi connectivity index (χ0) is 21.3. The molecule has 170 valence electrons. The van der Waals surface area contributed by atoms with Crippen LogP contribution < -0.4 is 20.1 Å². The van der Waals surface area contributed by atoms with Crippen molar-refractivity contribution < 1.29 is 14.2 Å². The van der Waals surface area contributed by atoms with E-state index >= 15 is 0 Å². The summed E-state index contributed by atoms with van der Waals surface area (Å²) in [5, 5.41) is 7.49. The molecule has 0 saturated carbocycles. The SMILES string of the molecule is CN=C(NCC(c1cccc(Cl)c1)N1CCOCC1)Nc1ccc(OC)c(OC)c1.I. The molecule has 0 bridgehead atoms. The molecule has 2 N–H and O–H groups in total. The molecule has 9 heteroatoms. The number of morpholine rings is 1. The maximum Gasteiger partial charge on any atom is 0.195 e. The van der Waals surface area contributed by atoms with Gasteiger partial charge in [-0.3, -0.25) is 9.89 Å². The number of guanidine groups is 1. The van der Waals surface area contributed by atoms with Crippen molar-refractivity contribution in [2.45, 2.75) is 6.04 Å². The first kappa shape index (κ1) is 25.5. The van der Waals surface area contributed by atoms with E-state index in [1.54, 1.807) is 21.3 Å². The Morgan fingerprint density at radius 1 is 1.13 bits per heavy atom. The van der Waals surface area contributed by atoms with Crippen molar-refractivity contribution in [1.82, 2.24) is 10.2 Å². The summed E-state index contributed by atoms with van der Waals surface area (Å²) in [6.45, 7) is 3.89. The second-order valence-electron chi connectivity index (χ2n) is 6.87. The van der Waals surface area contributed by atoms with Gasteiger partial charge in [-0.1, -0.05) is 23.7 Å². The van der Waals surface area contributed by atoms with Crippen LogP contribution in [0.15, 0.2) is 47.5 Å². The van der Waals surface area contributed by atoms with Crippen molar-refractivity contribution >= 4 is 47.2 Å². The number of hydrogen-bond donors (Lipinski definition) is 2. The van der Waals surface area contributed by atoms with Gasteiger partial charge >= 0.3 is 0 Å². The fourth-order valence-corrected chi connectivity index (χ4v) is 3.68. The highest BCUT2D eigenvalue weighted by molar-refractivity contribution is 14.0. The molecule has 0 amide bonds. The largest absolute Gasteiger partial charge is 0.493 e. The molecule has 3 rings (SSSR count). The molecule has 1 aliphatic heterocycles. The average molecular weight is 561 g/mol. The number of nitrogens with one attached hydrogen (secondary N) is 2. The van der Waals surface area contributed by atoms with Gasteiger partial charge in [-0.2, -0.15) is 0 Å². The van der Waals surface area contributed by atoms with Crippen molar-refractivity contribution in [3.05, 3.63) is 53.1 Å². The van der Waals surface area contributed by atoms with Crippen LogP contribution in [0.3, 0.4) is 0 Å². The Kier molecular flexibility index (Phi) is 10.7. The van der Waals surface area contributed by atoms with Crippen LogP contribution in [0.4, 0.5) is 5.69 Å². The van der Waals surface area contributed by atoms with Crippen molar-refractivity contribution in [2.75, 3.05) is 59.4 Å². The van der Waals surface area contributed by atoms with E-state index < -0.39 is 0 Å². The Hall–Kier alpha value is -1.75. The molecular formula is C22H30ClIN4O3. The van der Waals surface area contributed by atoms with Gasteiger partial charge in [0.15, 0.2) is 17.5 Å². The van der Waals surface area contributed by atoms with Gasteiger partial charge in [0, 0.05) is 43.5 Å². The van der Waals surface area contributed by atoms with Crippen LogP contribution in [0, 0.1) is 0 Å². The Morgan fingerprint density at radius 3 is 2.52 bits per heavy atom. The fourth-order valence-electron chi connectivity index (χ4n) is 3.48. The molecule has 0 radical (unpaired) electrons. The lowest BCUT2D eigenvalue weighted by Gasteiger charge is -2.35. The van der Waals surface area contributed by atoms with Crippen molar-refractivity contribution in [2.24, 2.45) is 4.99 Å². The van der Waals surface area contributed by atoms with E-state index in [9.17, 15) is 0 Å². The number of aliphatic imine (C=N–C) groups is 1. The molecular weight excluding hydrogens is 531 g/mol. The maximum absolute atomic E-state index is 6.26. The molecule has 0 spiro atoms. The molecule has 0 aliphatic carbocycles. The molecule has 1 fully saturated rings. The summed E-state index contributed by atoms with van der Waals surface area (Å²) in [4.78, 5) is 6.77. The molecule has 7 nitrogen and oxygen atoms in total. The average Bonchev–Trinajstić information content (AvgIpc) is 2.79. The van der Waals surface area contributed by atoms with Crippen molar-refractivity contribution in [3.8, 4) is 11.5 Å². The topological polar surface area (TPSA) is 67.4 Å². The van der Waals surface area contributed by atoms with E-state index in [-0.39, 0.29) is 30.0 Å². The number of methoxy groups -OCH3 is 2. The van der Waals surface area contributed by atoms with E-state index in [0.29, 0.717) is 24.0 Å². The van der Waals surface area contributed by atoms with E-state index in [2.05, 4.69) is 26.6 Å². The first-order valence-electron chi connectivity index (χ1n) is 9.91. The Morgan fingerprint density at radius 2 is 1.87 bits per heavy atom. The summed E-state index contributed by atoms with van der Waals surface area (Å²) in [6, 6.07) is 13.8. The number of rotatable bonds is 7. The van der Waals surface area contributed by atoms with Crippen LogP contribution in [0.2, 0.25) is 5.02 Å². The van der Waals surface area contributed by atoms with Crippen LogP contribution in [-0.4, -0.2) is 65.0 Å². The zero-order valence-corrected chi connectivity index (χ0v) is 21.1. The second kappa shape index (κ2) is 12.9. The van der Waals surface area contributed by atoms with Crippen LogP contribution in [-0.2, 0) is 4.74 Å². The van der Waals surface area contributed by atoms with Gasteiger partial charge < -0.3 is 24.8 Å². The number of halogens is 2. The van der Waals surface area contributed by atoms with E-state index in [4.69, 9.17) is 25.8 Å². The first-order chi connectivity index (χ1) is 14.6. The van der Waals surface area contributed by atoms with Gasteiger partial charge in [-0.05, 0) is 29.8 Å². The Labute approximate surface area is 206 Å². The highest BCUT2D eigenvalue weighted by atomic mass is 127. The normalized spacial score (nSPS) is 15.5. The van der Waals surface area contributed by atoms with Crippen molar-refractivity contribution in [3.63, 3.8) is 0 Å². The second-order valence-corrected chi connectivity index (χ2v) is 7.30. The zero-order valence-electron chi connectivity index (χ0n) is 18.1. The van der Waals surface area contributed by atoms with Gasteiger partial charge in [0.05, 0.1) is 33.5 Å². The van der Waals surface area contributed by atoms with Crippen LogP contribution in [0.5, 0.6) is 11.5 Å². The predicted octanol–water partition coefficient (Wildman–Crippen LogP) is 4.04. The highest BCUT2D eigenvalue weighted by Crippen LogP contribution is 2.30. The Bertz CT molecular complexity index is 862. The number of ether oxygens (including phenoxy) is 3. The Balaban J connectivity index is 0.00000341. The monoisotopic (exact) mass is 560 g/mol. The van der Waals surface area contributed by atoms with E-state index in [1.165, 1.54) is 5.56 Å².